The molecule has 0 saturated carbocycles. The van der Waals surface area contributed by atoms with Crippen molar-refractivity contribution >= 4 is 27.5 Å². The molecule has 7 heteroatoms. The quantitative estimate of drug-likeness (QED) is 0.825. The van der Waals surface area contributed by atoms with Gasteiger partial charge in [0.15, 0.2) is 0 Å². The second-order valence-electron chi connectivity index (χ2n) is 5.02. The van der Waals surface area contributed by atoms with Crippen LogP contribution in [0, 0.1) is 0 Å². The zero-order valence-corrected chi connectivity index (χ0v) is 15.0. The van der Waals surface area contributed by atoms with Crippen LogP contribution in [0.5, 0.6) is 0 Å². The van der Waals surface area contributed by atoms with E-state index >= 15 is 0 Å². The predicted octanol–water partition coefficient (Wildman–Crippen LogP) is 2.90. The monoisotopic (exact) mass is 346 g/mol. The molecule has 0 unspecified atom stereocenters. The van der Waals surface area contributed by atoms with Gasteiger partial charge in [-0.3, -0.25) is 4.79 Å². The molecule has 1 aromatic carbocycles. The first-order valence-electron chi connectivity index (χ1n) is 7.38. The van der Waals surface area contributed by atoms with Gasteiger partial charge in [0, 0.05) is 24.7 Å². The molecular weight excluding hydrogens is 324 g/mol. The Balaban J connectivity index is 3.23. The summed E-state index contributed by atoms with van der Waals surface area (Å²) in [6, 6.07) is 4.34. The van der Waals surface area contributed by atoms with Crippen LogP contribution < -0.4 is 5.32 Å². The number of nitrogens with zero attached hydrogens (tertiary/aromatic N) is 1. The Hall–Kier alpha value is -1.11. The van der Waals surface area contributed by atoms with Crippen LogP contribution in [0.3, 0.4) is 0 Å². The van der Waals surface area contributed by atoms with E-state index in [0.29, 0.717) is 13.1 Å². The van der Waals surface area contributed by atoms with E-state index in [0.717, 1.165) is 6.42 Å². The van der Waals surface area contributed by atoms with Gasteiger partial charge < -0.3 is 5.32 Å². The van der Waals surface area contributed by atoms with Crippen LogP contribution in [0.15, 0.2) is 23.1 Å². The first kappa shape index (κ1) is 18.9. The lowest BCUT2D eigenvalue weighted by atomic mass is 10.2. The topological polar surface area (TPSA) is 66.5 Å². The van der Waals surface area contributed by atoms with E-state index in [1.807, 2.05) is 13.8 Å². The van der Waals surface area contributed by atoms with Gasteiger partial charge in [0.2, 0.25) is 10.0 Å². The van der Waals surface area contributed by atoms with Crippen LogP contribution in [0.4, 0.5) is 0 Å². The van der Waals surface area contributed by atoms with Crippen molar-refractivity contribution in [1.29, 1.82) is 0 Å². The number of sulfonamides is 1. The van der Waals surface area contributed by atoms with E-state index in [2.05, 4.69) is 5.32 Å². The SMILES string of the molecule is CC[C@H](C)NC(=O)c1ccc(Cl)c(S(=O)(=O)N(CC)CC)c1. The highest BCUT2D eigenvalue weighted by Gasteiger charge is 2.25. The van der Waals surface area contributed by atoms with Crippen LogP contribution in [0.25, 0.3) is 0 Å². The third kappa shape index (κ3) is 4.21. The van der Waals surface area contributed by atoms with E-state index in [1.54, 1.807) is 13.8 Å². The summed E-state index contributed by atoms with van der Waals surface area (Å²) in [5.74, 6) is -0.304. The molecule has 0 saturated heterocycles. The molecule has 0 spiro atoms. The molecule has 124 valence electrons. The van der Waals surface area contributed by atoms with Crippen LogP contribution in [0.2, 0.25) is 5.02 Å². The Kier molecular flexibility index (Phi) is 6.84. The van der Waals surface area contributed by atoms with E-state index in [9.17, 15) is 13.2 Å². The van der Waals surface area contributed by atoms with Crippen molar-refractivity contribution in [1.82, 2.24) is 9.62 Å². The van der Waals surface area contributed by atoms with Gasteiger partial charge in [-0.1, -0.05) is 32.4 Å². The third-order valence-electron chi connectivity index (χ3n) is 3.51. The summed E-state index contributed by atoms with van der Waals surface area (Å²) in [6.45, 7) is 8.06. The number of halogens is 1. The van der Waals surface area contributed by atoms with Gasteiger partial charge in [-0.2, -0.15) is 4.31 Å². The Morgan fingerprint density at radius 1 is 1.27 bits per heavy atom. The number of hydrogen-bond donors (Lipinski definition) is 1. The first-order chi connectivity index (χ1) is 10.3. The van der Waals surface area contributed by atoms with Crippen molar-refractivity contribution in [3.05, 3.63) is 28.8 Å². The van der Waals surface area contributed by atoms with E-state index in [-0.39, 0.29) is 27.4 Å². The molecule has 1 rings (SSSR count). The van der Waals surface area contributed by atoms with Crippen LogP contribution >= 0.6 is 11.6 Å². The fraction of sp³-hybridized carbons (Fsp3) is 0.533. The molecule has 0 aliphatic carbocycles. The molecule has 1 N–H and O–H groups in total. The summed E-state index contributed by atoms with van der Waals surface area (Å²) in [7, 11) is -3.70. The summed E-state index contributed by atoms with van der Waals surface area (Å²) in [5, 5.41) is 2.93. The number of rotatable bonds is 7. The molecule has 0 aliphatic heterocycles. The number of amides is 1. The first-order valence-corrected chi connectivity index (χ1v) is 9.20. The minimum Gasteiger partial charge on any atom is -0.350 e. The van der Waals surface area contributed by atoms with Crippen molar-refractivity contribution in [2.45, 2.75) is 45.1 Å². The molecule has 22 heavy (non-hydrogen) atoms. The Bertz CT molecular complexity index is 628. The van der Waals surface area contributed by atoms with Crippen molar-refractivity contribution in [3.8, 4) is 0 Å². The Labute approximate surface area is 137 Å². The van der Waals surface area contributed by atoms with Crippen LogP contribution in [0.1, 0.15) is 44.5 Å². The van der Waals surface area contributed by atoms with Gasteiger partial charge in [0.1, 0.15) is 4.90 Å². The summed E-state index contributed by atoms with van der Waals surface area (Å²) in [4.78, 5) is 12.1. The van der Waals surface area contributed by atoms with Gasteiger partial charge in [0.25, 0.3) is 5.91 Å². The van der Waals surface area contributed by atoms with Gasteiger partial charge >= 0.3 is 0 Å². The lowest BCUT2D eigenvalue weighted by molar-refractivity contribution is 0.0939. The molecule has 0 aromatic heterocycles. The third-order valence-corrected chi connectivity index (χ3v) is 6.04. The predicted molar refractivity (Wildman–Crippen MR) is 88.8 cm³/mol. The highest BCUT2D eigenvalue weighted by Crippen LogP contribution is 2.26. The Morgan fingerprint density at radius 3 is 2.36 bits per heavy atom. The van der Waals surface area contributed by atoms with Gasteiger partial charge in [-0.15, -0.1) is 0 Å². The lowest BCUT2D eigenvalue weighted by Crippen LogP contribution is -2.33. The Morgan fingerprint density at radius 2 is 1.86 bits per heavy atom. The van der Waals surface area contributed by atoms with Crippen molar-refractivity contribution in [3.63, 3.8) is 0 Å². The molecular formula is C15H23ClN2O3S. The average molecular weight is 347 g/mol. The zero-order chi connectivity index (χ0) is 16.9. The number of carbonyl (C=O) groups excluding carboxylic acids is 1. The molecule has 0 heterocycles. The molecule has 0 bridgehead atoms. The van der Waals surface area contributed by atoms with Gasteiger partial charge in [-0.05, 0) is 31.5 Å². The zero-order valence-electron chi connectivity index (χ0n) is 13.4. The summed E-state index contributed by atoms with van der Waals surface area (Å²) in [6.07, 6.45) is 0.796. The van der Waals surface area contributed by atoms with Crippen molar-refractivity contribution < 1.29 is 13.2 Å². The molecule has 0 fully saturated rings. The highest BCUT2D eigenvalue weighted by atomic mass is 35.5. The maximum atomic E-state index is 12.6. The second-order valence-corrected chi connectivity index (χ2v) is 7.33. The van der Waals surface area contributed by atoms with Crippen molar-refractivity contribution in [2.24, 2.45) is 0 Å². The molecule has 1 amide bonds. The molecule has 1 atom stereocenters. The average Bonchev–Trinajstić information content (AvgIpc) is 2.48. The maximum absolute atomic E-state index is 12.6. The minimum atomic E-state index is -3.70. The normalized spacial score (nSPS) is 13.2. The number of hydrogen-bond acceptors (Lipinski definition) is 3. The molecule has 0 radical (unpaired) electrons. The second kappa shape index (κ2) is 7.94. The van der Waals surface area contributed by atoms with Crippen molar-refractivity contribution in [2.75, 3.05) is 13.1 Å². The van der Waals surface area contributed by atoms with E-state index < -0.39 is 10.0 Å². The molecule has 5 nitrogen and oxygen atoms in total. The van der Waals surface area contributed by atoms with E-state index in [4.69, 9.17) is 11.6 Å². The van der Waals surface area contributed by atoms with Crippen LogP contribution in [-0.4, -0.2) is 37.8 Å². The fourth-order valence-electron chi connectivity index (χ4n) is 1.95. The molecule has 1 aromatic rings. The lowest BCUT2D eigenvalue weighted by Gasteiger charge is -2.20. The highest BCUT2D eigenvalue weighted by molar-refractivity contribution is 7.89. The largest absolute Gasteiger partial charge is 0.350 e. The number of nitrogens with one attached hydrogen (secondary N) is 1. The standard InChI is InChI=1S/C15H23ClN2O3S/c1-5-11(4)17-15(19)12-8-9-13(16)14(10-12)22(20,21)18(6-2)7-3/h8-11H,5-7H2,1-4H3,(H,17,19)/t11-/m0/s1. The smallest absolute Gasteiger partial charge is 0.251 e. The van der Waals surface area contributed by atoms with Crippen LogP contribution in [-0.2, 0) is 10.0 Å². The fourth-order valence-corrected chi connectivity index (χ4v) is 3.91. The number of carbonyl (C=O) groups is 1. The number of benzene rings is 1. The minimum absolute atomic E-state index is 0.0195. The summed E-state index contributed by atoms with van der Waals surface area (Å²) >= 11 is 6.04. The van der Waals surface area contributed by atoms with Gasteiger partial charge in [0.05, 0.1) is 5.02 Å². The van der Waals surface area contributed by atoms with E-state index in [1.165, 1.54) is 22.5 Å². The molecule has 0 aliphatic rings. The summed E-state index contributed by atoms with van der Waals surface area (Å²) < 4.78 is 26.5. The maximum Gasteiger partial charge on any atom is 0.251 e. The van der Waals surface area contributed by atoms with Gasteiger partial charge in [-0.25, -0.2) is 8.42 Å². The summed E-state index contributed by atoms with van der Waals surface area (Å²) in [5.41, 5.74) is 0.287.